The first-order chi connectivity index (χ1) is 12.4. The molecule has 2 aromatic rings. The zero-order valence-electron chi connectivity index (χ0n) is 13.9. The number of carbonyl (C=O) groups excluding carboxylic acids is 2. The van der Waals surface area contributed by atoms with Gasteiger partial charge in [0.05, 0.1) is 16.6 Å². The summed E-state index contributed by atoms with van der Waals surface area (Å²) < 4.78 is 4.95. The molecule has 0 aromatic heterocycles. The molecule has 0 atom stereocenters. The van der Waals surface area contributed by atoms with Crippen LogP contribution in [0, 0.1) is 28.4 Å². The molecular formula is C18H15N3O5. The average Bonchev–Trinajstić information content (AvgIpc) is 2.64. The first-order valence-electron chi connectivity index (χ1n) is 7.58. The van der Waals surface area contributed by atoms with Gasteiger partial charge in [-0.1, -0.05) is 24.3 Å². The summed E-state index contributed by atoms with van der Waals surface area (Å²) in [5.74, 6) is -1.43. The predicted molar refractivity (Wildman–Crippen MR) is 92.5 cm³/mol. The third-order valence-electron chi connectivity index (χ3n) is 3.57. The highest BCUT2D eigenvalue weighted by Crippen LogP contribution is 2.20. The number of rotatable bonds is 6. The number of anilines is 1. The van der Waals surface area contributed by atoms with E-state index >= 15 is 0 Å². The largest absolute Gasteiger partial charge is 0.452 e. The molecule has 0 bridgehead atoms. The average molecular weight is 353 g/mol. The summed E-state index contributed by atoms with van der Waals surface area (Å²) in [6.45, 7) is 0.768. The Morgan fingerprint density at radius 2 is 1.92 bits per heavy atom. The standard InChI is InChI=1S/C18H15N3O5/c1-13-7-8-14(11-16(13)21(24)25)18(23)26-12-17(22)20(10-9-19)15-5-3-2-4-6-15/h2-8,11H,10,12H2,1H3. The van der Waals surface area contributed by atoms with Crippen LogP contribution in [0.5, 0.6) is 0 Å². The Morgan fingerprint density at radius 1 is 1.23 bits per heavy atom. The van der Waals surface area contributed by atoms with Crippen molar-refractivity contribution in [2.45, 2.75) is 6.92 Å². The summed E-state index contributed by atoms with van der Waals surface area (Å²) >= 11 is 0. The van der Waals surface area contributed by atoms with Gasteiger partial charge in [-0.05, 0) is 25.1 Å². The van der Waals surface area contributed by atoms with Crippen LogP contribution in [0.3, 0.4) is 0 Å². The zero-order chi connectivity index (χ0) is 19.1. The highest BCUT2D eigenvalue weighted by Gasteiger charge is 2.20. The fourth-order valence-corrected chi connectivity index (χ4v) is 2.22. The maximum Gasteiger partial charge on any atom is 0.338 e. The van der Waals surface area contributed by atoms with Gasteiger partial charge in [0, 0.05) is 17.3 Å². The quantitative estimate of drug-likeness (QED) is 0.341. The molecular weight excluding hydrogens is 338 g/mol. The number of nitro benzene ring substituents is 1. The highest BCUT2D eigenvalue weighted by atomic mass is 16.6. The van der Waals surface area contributed by atoms with Crippen LogP contribution in [0.25, 0.3) is 0 Å². The molecule has 1 amide bonds. The fourth-order valence-electron chi connectivity index (χ4n) is 2.22. The fraction of sp³-hybridized carbons (Fsp3) is 0.167. The molecule has 0 heterocycles. The van der Waals surface area contributed by atoms with Gasteiger partial charge >= 0.3 is 5.97 Å². The number of nitrogens with zero attached hydrogens (tertiary/aromatic N) is 3. The lowest BCUT2D eigenvalue weighted by Crippen LogP contribution is -2.35. The van der Waals surface area contributed by atoms with Gasteiger partial charge in [0.15, 0.2) is 6.61 Å². The number of benzene rings is 2. The summed E-state index contributed by atoms with van der Waals surface area (Å²) in [6, 6.07) is 14.3. The lowest BCUT2D eigenvalue weighted by molar-refractivity contribution is -0.385. The van der Waals surface area contributed by atoms with Crippen molar-refractivity contribution in [1.82, 2.24) is 0 Å². The molecule has 0 saturated carbocycles. The van der Waals surface area contributed by atoms with E-state index in [1.165, 1.54) is 17.0 Å². The third kappa shape index (κ3) is 4.42. The smallest absolute Gasteiger partial charge is 0.338 e. The highest BCUT2D eigenvalue weighted by molar-refractivity contribution is 5.97. The van der Waals surface area contributed by atoms with Crippen LogP contribution in [-0.4, -0.2) is 30.0 Å². The van der Waals surface area contributed by atoms with Crippen LogP contribution >= 0.6 is 0 Å². The SMILES string of the molecule is Cc1ccc(C(=O)OCC(=O)N(CC#N)c2ccccc2)cc1[N+](=O)[O-]. The Bertz CT molecular complexity index is 874. The zero-order valence-corrected chi connectivity index (χ0v) is 13.9. The van der Waals surface area contributed by atoms with Crippen LogP contribution < -0.4 is 4.90 Å². The van der Waals surface area contributed by atoms with Crippen molar-refractivity contribution >= 4 is 23.3 Å². The van der Waals surface area contributed by atoms with E-state index in [-0.39, 0.29) is 17.8 Å². The molecule has 0 aliphatic heterocycles. The van der Waals surface area contributed by atoms with E-state index in [4.69, 9.17) is 10.00 Å². The Kier molecular flexibility index (Phi) is 6.01. The number of para-hydroxylation sites is 1. The molecule has 0 unspecified atom stereocenters. The Labute approximate surface area is 149 Å². The molecule has 0 N–H and O–H groups in total. The van der Waals surface area contributed by atoms with Crippen molar-refractivity contribution in [3.63, 3.8) is 0 Å². The lowest BCUT2D eigenvalue weighted by atomic mass is 10.1. The minimum Gasteiger partial charge on any atom is -0.452 e. The molecule has 26 heavy (non-hydrogen) atoms. The number of hydrogen-bond acceptors (Lipinski definition) is 6. The maximum absolute atomic E-state index is 12.3. The third-order valence-corrected chi connectivity index (χ3v) is 3.57. The first-order valence-corrected chi connectivity index (χ1v) is 7.58. The molecule has 0 saturated heterocycles. The van der Waals surface area contributed by atoms with Crippen molar-refractivity contribution in [3.05, 3.63) is 69.8 Å². The van der Waals surface area contributed by atoms with Gasteiger partial charge in [0.1, 0.15) is 6.54 Å². The second kappa shape index (κ2) is 8.39. The predicted octanol–water partition coefficient (Wildman–Crippen LogP) is 2.62. The van der Waals surface area contributed by atoms with Crippen LogP contribution in [0.4, 0.5) is 11.4 Å². The maximum atomic E-state index is 12.3. The summed E-state index contributed by atoms with van der Waals surface area (Å²) in [6.07, 6.45) is 0. The second-order valence-corrected chi connectivity index (χ2v) is 5.31. The van der Waals surface area contributed by atoms with E-state index in [0.717, 1.165) is 6.07 Å². The number of nitro groups is 1. The van der Waals surface area contributed by atoms with Crippen LogP contribution in [-0.2, 0) is 9.53 Å². The molecule has 2 aromatic carbocycles. The van der Waals surface area contributed by atoms with E-state index in [9.17, 15) is 19.7 Å². The van der Waals surface area contributed by atoms with E-state index in [2.05, 4.69) is 0 Å². The number of esters is 1. The molecule has 0 aliphatic rings. The van der Waals surface area contributed by atoms with Gasteiger partial charge in [0.2, 0.25) is 0 Å². The Morgan fingerprint density at radius 3 is 2.54 bits per heavy atom. The molecule has 8 heteroatoms. The van der Waals surface area contributed by atoms with Crippen molar-refractivity contribution in [1.29, 1.82) is 5.26 Å². The number of aryl methyl sites for hydroxylation is 1. The van der Waals surface area contributed by atoms with Crippen molar-refractivity contribution in [3.8, 4) is 6.07 Å². The second-order valence-electron chi connectivity index (χ2n) is 5.31. The van der Waals surface area contributed by atoms with Crippen molar-refractivity contribution < 1.29 is 19.2 Å². The number of ether oxygens (including phenoxy) is 1. The molecule has 0 fully saturated rings. The molecule has 132 valence electrons. The van der Waals surface area contributed by atoms with Gasteiger partial charge in [-0.15, -0.1) is 0 Å². The number of amides is 1. The number of carbonyl (C=O) groups is 2. The molecule has 0 radical (unpaired) electrons. The summed E-state index contributed by atoms with van der Waals surface area (Å²) in [5.41, 5.74) is 0.677. The summed E-state index contributed by atoms with van der Waals surface area (Å²) in [5, 5.41) is 19.8. The van der Waals surface area contributed by atoms with Gasteiger partial charge in [-0.2, -0.15) is 5.26 Å². The van der Waals surface area contributed by atoms with E-state index < -0.39 is 23.4 Å². The van der Waals surface area contributed by atoms with Gasteiger partial charge in [0.25, 0.3) is 11.6 Å². The van der Waals surface area contributed by atoms with Crippen molar-refractivity contribution in [2.24, 2.45) is 0 Å². The number of hydrogen-bond donors (Lipinski definition) is 0. The Hall–Kier alpha value is -3.73. The van der Waals surface area contributed by atoms with Crippen LogP contribution in [0.15, 0.2) is 48.5 Å². The number of nitriles is 1. The minimum atomic E-state index is -0.855. The monoisotopic (exact) mass is 353 g/mol. The molecule has 0 aliphatic carbocycles. The van der Waals surface area contributed by atoms with Crippen LogP contribution in [0.2, 0.25) is 0 Å². The van der Waals surface area contributed by atoms with Crippen LogP contribution in [0.1, 0.15) is 15.9 Å². The van der Waals surface area contributed by atoms with Gasteiger partial charge in [-0.25, -0.2) is 4.79 Å². The van der Waals surface area contributed by atoms with E-state index in [0.29, 0.717) is 11.3 Å². The minimum absolute atomic E-state index is 0.0263. The topological polar surface area (TPSA) is 114 Å². The van der Waals surface area contributed by atoms with E-state index in [1.54, 1.807) is 37.3 Å². The van der Waals surface area contributed by atoms with Gasteiger partial charge < -0.3 is 4.74 Å². The lowest BCUT2D eigenvalue weighted by Gasteiger charge is -2.19. The molecule has 0 spiro atoms. The molecule has 8 nitrogen and oxygen atoms in total. The first kappa shape index (κ1) is 18.6. The normalized spacial score (nSPS) is 9.85. The Balaban J connectivity index is 2.08. The van der Waals surface area contributed by atoms with Crippen molar-refractivity contribution in [2.75, 3.05) is 18.1 Å². The molecule has 2 rings (SSSR count). The van der Waals surface area contributed by atoms with Gasteiger partial charge in [-0.3, -0.25) is 19.8 Å². The summed E-state index contributed by atoms with van der Waals surface area (Å²) in [4.78, 5) is 35.9. The van der Waals surface area contributed by atoms with E-state index in [1.807, 2.05) is 6.07 Å². The summed E-state index contributed by atoms with van der Waals surface area (Å²) in [7, 11) is 0.